The zero-order valence-electron chi connectivity index (χ0n) is 6.54. The molecule has 11 heavy (non-hydrogen) atoms. The maximum atomic E-state index is 10.4. The van der Waals surface area contributed by atoms with Gasteiger partial charge in [0.05, 0.1) is 19.8 Å². The molecule has 1 atom stereocenters. The Morgan fingerprint density at radius 1 is 1.64 bits per heavy atom. The molecule has 0 aromatic heterocycles. The zero-order chi connectivity index (χ0) is 8.10. The average Bonchev–Trinajstić information content (AvgIpc) is 2.03. The van der Waals surface area contributed by atoms with Crippen molar-refractivity contribution in [3.05, 3.63) is 0 Å². The lowest BCUT2D eigenvalue weighted by Gasteiger charge is -2.22. The van der Waals surface area contributed by atoms with Crippen molar-refractivity contribution in [3.63, 3.8) is 0 Å². The highest BCUT2D eigenvalue weighted by Gasteiger charge is 2.14. The van der Waals surface area contributed by atoms with E-state index in [0.29, 0.717) is 26.4 Å². The summed E-state index contributed by atoms with van der Waals surface area (Å²) < 4.78 is 15.1. The fraction of sp³-hybridized carbons (Fsp3) is 0.857. The van der Waals surface area contributed by atoms with Gasteiger partial charge in [0.2, 0.25) is 0 Å². The predicted molar refractivity (Wildman–Crippen MR) is 37.2 cm³/mol. The largest absolute Gasteiger partial charge is 0.463 e. The lowest BCUT2D eigenvalue weighted by atomic mass is 10.4. The molecule has 1 fully saturated rings. The molecule has 1 aliphatic heterocycles. The molecule has 1 aliphatic rings. The van der Waals surface area contributed by atoms with Crippen molar-refractivity contribution in [1.82, 2.24) is 0 Å². The first-order valence-corrected chi connectivity index (χ1v) is 3.62. The van der Waals surface area contributed by atoms with Gasteiger partial charge in [-0.25, -0.2) is 0 Å². The molecule has 1 rings (SSSR count). The Morgan fingerprint density at radius 3 is 3.00 bits per heavy atom. The molecule has 0 saturated carbocycles. The van der Waals surface area contributed by atoms with Crippen LogP contribution in [-0.2, 0) is 19.0 Å². The minimum Gasteiger partial charge on any atom is -0.463 e. The molecule has 4 nitrogen and oxygen atoms in total. The van der Waals surface area contributed by atoms with Crippen LogP contribution in [-0.4, -0.2) is 38.5 Å². The van der Waals surface area contributed by atoms with Crippen molar-refractivity contribution in [1.29, 1.82) is 0 Å². The third-order valence-corrected chi connectivity index (χ3v) is 1.36. The molecule has 64 valence electrons. The van der Waals surface area contributed by atoms with Gasteiger partial charge in [0.25, 0.3) is 0 Å². The Bertz CT molecular complexity index is 128. The number of carbonyl (C=O) groups is 1. The minimum absolute atomic E-state index is 0.0763. The first-order valence-electron chi connectivity index (χ1n) is 3.62. The van der Waals surface area contributed by atoms with Crippen LogP contribution < -0.4 is 0 Å². The van der Waals surface area contributed by atoms with Gasteiger partial charge in [0.15, 0.2) is 0 Å². The molecule has 1 heterocycles. The van der Waals surface area contributed by atoms with E-state index in [1.807, 2.05) is 0 Å². The van der Waals surface area contributed by atoms with Crippen molar-refractivity contribution in [2.24, 2.45) is 0 Å². The summed E-state index contributed by atoms with van der Waals surface area (Å²) in [6.45, 7) is 3.43. The Morgan fingerprint density at radius 2 is 2.45 bits per heavy atom. The van der Waals surface area contributed by atoms with E-state index in [4.69, 9.17) is 14.2 Å². The predicted octanol–water partition coefficient (Wildman–Crippen LogP) is -0.0351. The first kappa shape index (κ1) is 8.49. The Kier molecular flexibility index (Phi) is 3.32. The van der Waals surface area contributed by atoms with E-state index in [9.17, 15) is 4.79 Å². The molecule has 0 amide bonds. The van der Waals surface area contributed by atoms with E-state index in [2.05, 4.69) is 0 Å². The molecule has 0 aromatic carbocycles. The van der Waals surface area contributed by atoms with Gasteiger partial charge in [-0.05, 0) is 0 Å². The molecular weight excluding hydrogens is 148 g/mol. The number of ether oxygens (including phenoxy) is 3. The number of hydrogen-bond donors (Lipinski definition) is 0. The number of rotatable bonds is 2. The van der Waals surface area contributed by atoms with Crippen LogP contribution in [0.15, 0.2) is 0 Å². The van der Waals surface area contributed by atoms with Gasteiger partial charge in [-0.1, -0.05) is 0 Å². The summed E-state index contributed by atoms with van der Waals surface area (Å²) in [5.41, 5.74) is 0. The number of carbonyl (C=O) groups excluding carboxylic acids is 1. The highest BCUT2D eigenvalue weighted by molar-refractivity contribution is 5.65. The van der Waals surface area contributed by atoms with Gasteiger partial charge in [-0.2, -0.15) is 0 Å². The quantitative estimate of drug-likeness (QED) is 0.532. The zero-order valence-corrected chi connectivity index (χ0v) is 6.54. The molecule has 0 aliphatic carbocycles. The summed E-state index contributed by atoms with van der Waals surface area (Å²) in [4.78, 5) is 10.4. The second-order valence-electron chi connectivity index (χ2n) is 2.37. The van der Waals surface area contributed by atoms with E-state index in [1.165, 1.54) is 6.92 Å². The Labute approximate surface area is 65.4 Å². The molecule has 0 bridgehead atoms. The lowest BCUT2D eigenvalue weighted by molar-refractivity contribution is -0.153. The maximum Gasteiger partial charge on any atom is 0.302 e. The second-order valence-corrected chi connectivity index (χ2v) is 2.37. The third-order valence-electron chi connectivity index (χ3n) is 1.36. The van der Waals surface area contributed by atoms with Gasteiger partial charge in [-0.15, -0.1) is 0 Å². The molecule has 0 spiro atoms. The molecule has 4 heteroatoms. The summed E-state index contributed by atoms with van der Waals surface area (Å²) >= 11 is 0. The fourth-order valence-corrected chi connectivity index (χ4v) is 0.843. The van der Waals surface area contributed by atoms with Crippen LogP contribution in [0.5, 0.6) is 0 Å². The van der Waals surface area contributed by atoms with Gasteiger partial charge in [0.1, 0.15) is 12.7 Å². The van der Waals surface area contributed by atoms with E-state index < -0.39 is 0 Å². The van der Waals surface area contributed by atoms with E-state index in [1.54, 1.807) is 0 Å². The van der Waals surface area contributed by atoms with Crippen molar-refractivity contribution in [2.45, 2.75) is 13.0 Å². The molecular formula is C7H12O4. The Hall–Kier alpha value is -0.610. The summed E-state index contributed by atoms with van der Waals surface area (Å²) in [5.74, 6) is -0.279. The first-order chi connectivity index (χ1) is 5.29. The third kappa shape index (κ3) is 3.34. The summed E-state index contributed by atoms with van der Waals surface area (Å²) in [6, 6.07) is 0. The van der Waals surface area contributed by atoms with Gasteiger partial charge >= 0.3 is 5.97 Å². The SMILES string of the molecule is CC(=O)OCC1COCCO1. The smallest absolute Gasteiger partial charge is 0.302 e. The van der Waals surface area contributed by atoms with Crippen molar-refractivity contribution in [2.75, 3.05) is 26.4 Å². The summed E-state index contributed by atoms with van der Waals surface area (Å²) in [7, 11) is 0. The van der Waals surface area contributed by atoms with Gasteiger partial charge in [0, 0.05) is 6.92 Å². The Balaban J connectivity index is 2.09. The van der Waals surface area contributed by atoms with Crippen LogP contribution in [0, 0.1) is 0 Å². The normalized spacial score (nSPS) is 24.6. The van der Waals surface area contributed by atoms with Crippen LogP contribution in [0.25, 0.3) is 0 Å². The van der Waals surface area contributed by atoms with Gasteiger partial charge < -0.3 is 14.2 Å². The van der Waals surface area contributed by atoms with E-state index in [0.717, 1.165) is 0 Å². The van der Waals surface area contributed by atoms with Crippen molar-refractivity contribution < 1.29 is 19.0 Å². The van der Waals surface area contributed by atoms with E-state index in [-0.39, 0.29) is 12.1 Å². The fourth-order valence-electron chi connectivity index (χ4n) is 0.843. The van der Waals surface area contributed by atoms with Crippen LogP contribution in [0.4, 0.5) is 0 Å². The summed E-state index contributed by atoms with van der Waals surface area (Å²) in [5, 5.41) is 0. The van der Waals surface area contributed by atoms with Crippen LogP contribution in [0.3, 0.4) is 0 Å². The van der Waals surface area contributed by atoms with Crippen LogP contribution >= 0.6 is 0 Å². The van der Waals surface area contributed by atoms with Crippen LogP contribution in [0.1, 0.15) is 6.92 Å². The van der Waals surface area contributed by atoms with Gasteiger partial charge in [-0.3, -0.25) is 4.79 Å². The highest BCUT2D eigenvalue weighted by Crippen LogP contribution is 2.00. The topological polar surface area (TPSA) is 44.8 Å². The molecule has 0 radical (unpaired) electrons. The highest BCUT2D eigenvalue weighted by atomic mass is 16.6. The monoisotopic (exact) mass is 160 g/mol. The lowest BCUT2D eigenvalue weighted by Crippen LogP contribution is -2.32. The van der Waals surface area contributed by atoms with Crippen LogP contribution in [0.2, 0.25) is 0 Å². The molecule has 1 unspecified atom stereocenters. The van der Waals surface area contributed by atoms with E-state index >= 15 is 0 Å². The van der Waals surface area contributed by atoms with Crippen molar-refractivity contribution in [3.8, 4) is 0 Å². The molecule has 0 N–H and O–H groups in total. The maximum absolute atomic E-state index is 10.4. The molecule has 0 aromatic rings. The minimum atomic E-state index is -0.279. The molecule has 1 saturated heterocycles. The van der Waals surface area contributed by atoms with Crippen molar-refractivity contribution >= 4 is 5.97 Å². The second kappa shape index (κ2) is 4.31. The standard InChI is InChI=1S/C7H12O4/c1-6(8)11-5-7-4-9-2-3-10-7/h7H,2-5H2,1H3. The number of hydrogen-bond acceptors (Lipinski definition) is 4. The summed E-state index contributed by atoms with van der Waals surface area (Å²) in [6.07, 6.45) is -0.0763. The number of esters is 1. The average molecular weight is 160 g/mol.